The first-order valence-corrected chi connectivity index (χ1v) is 8.75. The molecule has 0 fully saturated rings. The molecule has 0 aliphatic heterocycles. The van der Waals surface area contributed by atoms with Crippen LogP contribution in [0.4, 0.5) is 0 Å². The van der Waals surface area contributed by atoms with Gasteiger partial charge in [-0.15, -0.1) is 0 Å². The lowest BCUT2D eigenvalue weighted by atomic mass is 9.73. The second-order valence-electron chi connectivity index (χ2n) is 7.23. The maximum absolute atomic E-state index is 10.8. The third-order valence-electron chi connectivity index (χ3n) is 5.50. The molecule has 2 aromatic rings. The Labute approximate surface area is 138 Å². The first-order chi connectivity index (χ1) is 11.2. The van der Waals surface area contributed by atoms with Gasteiger partial charge in [-0.25, -0.2) is 0 Å². The van der Waals surface area contributed by atoms with Crippen molar-refractivity contribution >= 4 is 6.08 Å². The number of fused-ring (bicyclic) bond motifs is 5. The summed E-state index contributed by atoms with van der Waals surface area (Å²) in [6.07, 6.45) is 7.33. The number of hydrogen-bond acceptors (Lipinski definition) is 1. The predicted octanol–water partition coefficient (Wildman–Crippen LogP) is 4.97. The highest BCUT2D eigenvalue weighted by Gasteiger charge is 2.31. The molecule has 23 heavy (non-hydrogen) atoms. The molecule has 0 saturated carbocycles. The molecule has 2 aliphatic carbocycles. The van der Waals surface area contributed by atoms with E-state index in [1.807, 2.05) is 0 Å². The van der Waals surface area contributed by atoms with Gasteiger partial charge in [-0.2, -0.15) is 0 Å². The summed E-state index contributed by atoms with van der Waals surface area (Å²) in [6, 6.07) is 13.3. The fourth-order valence-electron chi connectivity index (χ4n) is 4.28. The summed E-state index contributed by atoms with van der Waals surface area (Å²) in [5.74, 6) is 0.515. The van der Waals surface area contributed by atoms with Gasteiger partial charge in [0.15, 0.2) is 0 Å². The molecule has 1 heteroatoms. The minimum Gasteiger partial charge on any atom is -0.392 e. The van der Waals surface area contributed by atoms with E-state index < -0.39 is 0 Å². The average Bonchev–Trinajstić information content (AvgIpc) is 2.59. The topological polar surface area (TPSA) is 20.2 Å². The molecule has 1 N–H and O–H groups in total. The Morgan fingerprint density at radius 3 is 2.65 bits per heavy atom. The van der Waals surface area contributed by atoms with E-state index >= 15 is 0 Å². The maximum Gasteiger partial charge on any atom is 0.0634 e. The first kappa shape index (κ1) is 14.7. The van der Waals surface area contributed by atoms with Crippen molar-refractivity contribution in [3.8, 4) is 11.1 Å². The van der Waals surface area contributed by atoms with Crippen molar-refractivity contribution in [3.05, 3.63) is 64.7 Å². The van der Waals surface area contributed by atoms with Crippen molar-refractivity contribution in [2.75, 3.05) is 0 Å². The predicted molar refractivity (Wildman–Crippen MR) is 96.5 cm³/mol. The van der Waals surface area contributed by atoms with E-state index in [4.69, 9.17) is 0 Å². The number of aliphatic hydroxyl groups excluding tert-OH is 1. The maximum atomic E-state index is 10.8. The van der Waals surface area contributed by atoms with Crippen molar-refractivity contribution in [3.63, 3.8) is 0 Å². The summed E-state index contributed by atoms with van der Waals surface area (Å²) >= 11 is 0. The normalized spacial score (nSPS) is 19.9. The standard InChI is InChI=1S/C22H24O/c1-14(2)22(23)20-9-5-7-16-11-12-18-17-8-4-3-6-15(17)10-13-19(18)21(16)20/h3-8,11-12,14,20,22-23H,9-10,13H2,1-2H3. The number of hydrogen-bond donors (Lipinski definition) is 1. The average molecular weight is 304 g/mol. The van der Waals surface area contributed by atoms with Crippen molar-refractivity contribution in [1.29, 1.82) is 0 Å². The van der Waals surface area contributed by atoms with Crippen LogP contribution in [0.3, 0.4) is 0 Å². The summed E-state index contributed by atoms with van der Waals surface area (Å²) in [6.45, 7) is 4.24. The van der Waals surface area contributed by atoms with Crippen molar-refractivity contribution in [2.45, 2.75) is 45.1 Å². The van der Waals surface area contributed by atoms with Crippen molar-refractivity contribution in [1.82, 2.24) is 0 Å². The van der Waals surface area contributed by atoms with E-state index in [0.717, 1.165) is 19.3 Å². The van der Waals surface area contributed by atoms with Gasteiger partial charge >= 0.3 is 0 Å². The van der Waals surface area contributed by atoms with Gasteiger partial charge in [-0.3, -0.25) is 0 Å². The van der Waals surface area contributed by atoms with Gasteiger partial charge in [0.05, 0.1) is 6.10 Å². The third-order valence-corrected chi connectivity index (χ3v) is 5.50. The Morgan fingerprint density at radius 1 is 1.00 bits per heavy atom. The largest absolute Gasteiger partial charge is 0.392 e. The number of benzene rings is 2. The van der Waals surface area contributed by atoms with Crippen molar-refractivity contribution in [2.24, 2.45) is 5.92 Å². The minimum absolute atomic E-state index is 0.232. The van der Waals surface area contributed by atoms with Crippen LogP contribution in [0, 0.1) is 5.92 Å². The number of aryl methyl sites for hydroxylation is 1. The quantitative estimate of drug-likeness (QED) is 0.830. The van der Waals surface area contributed by atoms with Gasteiger partial charge in [0.1, 0.15) is 0 Å². The molecular formula is C22H24O. The highest BCUT2D eigenvalue weighted by atomic mass is 16.3. The zero-order chi connectivity index (χ0) is 16.0. The van der Waals surface area contributed by atoms with E-state index in [2.05, 4.69) is 62.4 Å². The molecule has 0 bridgehead atoms. The lowest BCUT2D eigenvalue weighted by Gasteiger charge is -2.33. The molecular weight excluding hydrogens is 280 g/mol. The van der Waals surface area contributed by atoms with E-state index in [1.165, 1.54) is 33.4 Å². The number of rotatable bonds is 2. The molecule has 2 aromatic carbocycles. The monoisotopic (exact) mass is 304 g/mol. The Kier molecular flexibility index (Phi) is 3.61. The number of allylic oxidation sites excluding steroid dienone is 1. The molecule has 2 aliphatic rings. The third kappa shape index (κ3) is 2.35. The van der Waals surface area contributed by atoms with Crippen LogP contribution in [-0.2, 0) is 12.8 Å². The molecule has 1 nitrogen and oxygen atoms in total. The Balaban J connectivity index is 1.90. The lowest BCUT2D eigenvalue weighted by Crippen LogP contribution is -2.27. The van der Waals surface area contributed by atoms with Gasteiger partial charge in [-0.05, 0) is 58.6 Å². The van der Waals surface area contributed by atoms with E-state index in [-0.39, 0.29) is 17.9 Å². The van der Waals surface area contributed by atoms with Crippen LogP contribution in [0.1, 0.15) is 48.4 Å². The zero-order valence-corrected chi connectivity index (χ0v) is 13.9. The van der Waals surface area contributed by atoms with Gasteiger partial charge in [0.25, 0.3) is 0 Å². The van der Waals surface area contributed by atoms with Crippen LogP contribution < -0.4 is 0 Å². The molecule has 0 radical (unpaired) electrons. The highest BCUT2D eigenvalue weighted by molar-refractivity contribution is 5.77. The second kappa shape index (κ2) is 5.65. The molecule has 2 atom stereocenters. The van der Waals surface area contributed by atoms with Crippen LogP contribution in [0.2, 0.25) is 0 Å². The molecule has 0 amide bonds. The molecule has 4 rings (SSSR count). The fourth-order valence-corrected chi connectivity index (χ4v) is 4.28. The Hall–Kier alpha value is -1.86. The van der Waals surface area contributed by atoms with Crippen LogP contribution in [0.15, 0.2) is 42.5 Å². The molecule has 2 unspecified atom stereocenters. The molecule has 118 valence electrons. The second-order valence-corrected chi connectivity index (χ2v) is 7.23. The summed E-state index contributed by atoms with van der Waals surface area (Å²) in [4.78, 5) is 0. The van der Waals surface area contributed by atoms with E-state index in [0.29, 0.717) is 0 Å². The Morgan fingerprint density at radius 2 is 1.83 bits per heavy atom. The van der Waals surface area contributed by atoms with Crippen LogP contribution in [0.25, 0.3) is 17.2 Å². The van der Waals surface area contributed by atoms with Crippen LogP contribution >= 0.6 is 0 Å². The zero-order valence-electron chi connectivity index (χ0n) is 13.9. The molecule has 0 aromatic heterocycles. The van der Waals surface area contributed by atoms with Gasteiger partial charge in [0, 0.05) is 5.92 Å². The summed E-state index contributed by atoms with van der Waals surface area (Å²) < 4.78 is 0. The van der Waals surface area contributed by atoms with E-state index in [1.54, 1.807) is 0 Å². The molecule has 0 saturated heterocycles. The van der Waals surface area contributed by atoms with Crippen molar-refractivity contribution < 1.29 is 5.11 Å². The summed E-state index contributed by atoms with van der Waals surface area (Å²) in [5.41, 5.74) is 8.38. The van der Waals surface area contributed by atoms with Gasteiger partial charge in [-0.1, -0.05) is 62.4 Å². The van der Waals surface area contributed by atoms with Crippen LogP contribution in [-0.4, -0.2) is 11.2 Å². The van der Waals surface area contributed by atoms with Gasteiger partial charge in [0.2, 0.25) is 0 Å². The smallest absolute Gasteiger partial charge is 0.0634 e. The molecule has 0 spiro atoms. The molecule has 0 heterocycles. The minimum atomic E-state index is -0.276. The van der Waals surface area contributed by atoms with Gasteiger partial charge < -0.3 is 5.11 Å². The van der Waals surface area contributed by atoms with E-state index in [9.17, 15) is 5.11 Å². The Bertz CT molecular complexity index is 770. The summed E-state index contributed by atoms with van der Waals surface area (Å²) in [7, 11) is 0. The number of aliphatic hydroxyl groups is 1. The summed E-state index contributed by atoms with van der Waals surface area (Å²) in [5, 5.41) is 10.8. The highest BCUT2D eigenvalue weighted by Crippen LogP contribution is 2.43. The SMILES string of the molecule is CC(C)C(O)C1CC=Cc2ccc3c(c21)CCc1ccccc1-3. The van der Waals surface area contributed by atoms with Crippen LogP contribution in [0.5, 0.6) is 0 Å². The lowest BCUT2D eigenvalue weighted by molar-refractivity contribution is 0.0959. The fraction of sp³-hybridized carbons (Fsp3) is 0.364. The first-order valence-electron chi connectivity index (χ1n) is 8.75.